The number of rotatable bonds is 6. The van der Waals surface area contributed by atoms with Crippen molar-refractivity contribution in [2.24, 2.45) is 5.92 Å². The van der Waals surface area contributed by atoms with Crippen LogP contribution < -0.4 is 5.32 Å². The SMILES string of the molecule is CC(C)C(C(=O)NC1CCN(Cc2ccccc2)CC1)c1cccc(C(F)(F)F)c1. The topological polar surface area (TPSA) is 32.3 Å². The fourth-order valence-electron chi connectivity index (χ4n) is 4.12. The van der Waals surface area contributed by atoms with E-state index in [-0.39, 0.29) is 17.9 Å². The number of carbonyl (C=O) groups is 1. The maximum absolute atomic E-state index is 13.1. The molecule has 0 aromatic heterocycles. The smallest absolute Gasteiger partial charge is 0.353 e. The van der Waals surface area contributed by atoms with Crippen molar-refractivity contribution in [2.75, 3.05) is 13.1 Å². The van der Waals surface area contributed by atoms with Gasteiger partial charge in [-0.25, -0.2) is 0 Å². The fraction of sp³-hybridized carbons (Fsp3) is 0.458. The average Bonchev–Trinajstić information content (AvgIpc) is 2.70. The number of alkyl halides is 3. The zero-order valence-corrected chi connectivity index (χ0v) is 17.5. The number of benzene rings is 2. The average molecular weight is 419 g/mol. The molecule has 2 aromatic rings. The first-order chi connectivity index (χ1) is 14.2. The predicted molar refractivity (Wildman–Crippen MR) is 112 cm³/mol. The molecule has 3 nitrogen and oxygen atoms in total. The quantitative estimate of drug-likeness (QED) is 0.697. The standard InChI is InChI=1S/C24H29F3N2O/c1-17(2)22(19-9-6-10-20(15-19)24(25,26)27)23(30)28-21-11-13-29(14-12-21)16-18-7-4-3-5-8-18/h3-10,15,17,21-22H,11-14,16H2,1-2H3,(H,28,30). The van der Waals surface area contributed by atoms with E-state index in [1.807, 2.05) is 32.0 Å². The van der Waals surface area contributed by atoms with Gasteiger partial charge in [-0.2, -0.15) is 13.2 Å². The number of hydrogen-bond donors (Lipinski definition) is 1. The molecule has 1 N–H and O–H groups in total. The highest BCUT2D eigenvalue weighted by Crippen LogP contribution is 2.33. The van der Waals surface area contributed by atoms with E-state index >= 15 is 0 Å². The molecule has 162 valence electrons. The third-order valence-electron chi connectivity index (χ3n) is 5.71. The maximum Gasteiger partial charge on any atom is 0.416 e. The molecule has 0 aliphatic carbocycles. The molecule has 1 aliphatic rings. The summed E-state index contributed by atoms with van der Waals surface area (Å²) in [7, 11) is 0. The van der Waals surface area contributed by atoms with Crippen LogP contribution in [0.25, 0.3) is 0 Å². The van der Waals surface area contributed by atoms with Crippen LogP contribution in [0.1, 0.15) is 49.3 Å². The van der Waals surface area contributed by atoms with Gasteiger partial charge in [0.2, 0.25) is 5.91 Å². The molecule has 0 spiro atoms. The molecule has 0 bridgehead atoms. The second kappa shape index (κ2) is 9.65. The first-order valence-electron chi connectivity index (χ1n) is 10.5. The fourth-order valence-corrected chi connectivity index (χ4v) is 4.12. The van der Waals surface area contributed by atoms with Crippen molar-refractivity contribution in [1.82, 2.24) is 10.2 Å². The Morgan fingerprint density at radius 3 is 2.33 bits per heavy atom. The van der Waals surface area contributed by atoms with Gasteiger partial charge in [-0.3, -0.25) is 9.69 Å². The third kappa shape index (κ3) is 5.85. The number of amides is 1. The Labute approximate surface area is 176 Å². The minimum atomic E-state index is -4.42. The van der Waals surface area contributed by atoms with E-state index in [2.05, 4.69) is 22.3 Å². The first kappa shape index (κ1) is 22.3. The molecular weight excluding hydrogens is 389 g/mol. The molecule has 1 amide bonds. The largest absolute Gasteiger partial charge is 0.416 e. The van der Waals surface area contributed by atoms with Crippen molar-refractivity contribution in [3.8, 4) is 0 Å². The number of nitrogens with zero attached hydrogens (tertiary/aromatic N) is 1. The van der Waals surface area contributed by atoms with Gasteiger partial charge in [0.1, 0.15) is 0 Å². The van der Waals surface area contributed by atoms with Crippen molar-refractivity contribution in [3.05, 3.63) is 71.3 Å². The number of nitrogens with one attached hydrogen (secondary N) is 1. The van der Waals surface area contributed by atoms with E-state index in [1.165, 1.54) is 11.6 Å². The van der Waals surface area contributed by atoms with Gasteiger partial charge >= 0.3 is 6.18 Å². The highest BCUT2D eigenvalue weighted by molar-refractivity contribution is 5.84. The number of carbonyl (C=O) groups excluding carboxylic acids is 1. The van der Waals surface area contributed by atoms with Crippen LogP contribution in [0, 0.1) is 5.92 Å². The molecule has 1 fully saturated rings. The lowest BCUT2D eigenvalue weighted by atomic mass is 9.86. The van der Waals surface area contributed by atoms with E-state index < -0.39 is 17.7 Å². The van der Waals surface area contributed by atoms with Crippen LogP contribution in [0.5, 0.6) is 0 Å². The summed E-state index contributed by atoms with van der Waals surface area (Å²) in [5.74, 6) is -0.896. The van der Waals surface area contributed by atoms with Crippen LogP contribution in [0.15, 0.2) is 54.6 Å². The van der Waals surface area contributed by atoms with Crippen LogP contribution in [0.3, 0.4) is 0 Å². The van der Waals surface area contributed by atoms with Crippen molar-refractivity contribution in [1.29, 1.82) is 0 Å². The summed E-state index contributed by atoms with van der Waals surface area (Å²) in [5.41, 5.74) is 0.968. The van der Waals surface area contributed by atoms with E-state index in [1.54, 1.807) is 6.07 Å². The van der Waals surface area contributed by atoms with Crippen LogP contribution in [-0.4, -0.2) is 29.9 Å². The second-order valence-corrected chi connectivity index (χ2v) is 8.39. The Morgan fingerprint density at radius 2 is 1.73 bits per heavy atom. The van der Waals surface area contributed by atoms with Crippen molar-refractivity contribution >= 4 is 5.91 Å². The van der Waals surface area contributed by atoms with Crippen molar-refractivity contribution in [3.63, 3.8) is 0 Å². The molecule has 1 unspecified atom stereocenters. The monoisotopic (exact) mass is 418 g/mol. The molecule has 6 heteroatoms. The summed E-state index contributed by atoms with van der Waals surface area (Å²) >= 11 is 0. The number of likely N-dealkylation sites (tertiary alicyclic amines) is 1. The van der Waals surface area contributed by atoms with Crippen LogP contribution in [0.2, 0.25) is 0 Å². The zero-order valence-electron chi connectivity index (χ0n) is 17.5. The molecule has 1 saturated heterocycles. The van der Waals surface area contributed by atoms with E-state index in [4.69, 9.17) is 0 Å². The van der Waals surface area contributed by atoms with Gasteiger partial charge in [0, 0.05) is 25.7 Å². The summed E-state index contributed by atoms with van der Waals surface area (Å²) in [5, 5.41) is 3.09. The minimum Gasteiger partial charge on any atom is -0.353 e. The van der Waals surface area contributed by atoms with Gasteiger partial charge in [-0.05, 0) is 36.0 Å². The molecule has 30 heavy (non-hydrogen) atoms. The van der Waals surface area contributed by atoms with Crippen LogP contribution in [-0.2, 0) is 17.5 Å². The summed E-state index contributed by atoms with van der Waals surface area (Å²) in [6, 6.07) is 15.5. The van der Waals surface area contributed by atoms with Gasteiger partial charge in [-0.15, -0.1) is 0 Å². The normalized spacial score (nSPS) is 17.1. The number of hydrogen-bond acceptors (Lipinski definition) is 2. The Hall–Kier alpha value is -2.34. The summed E-state index contributed by atoms with van der Waals surface area (Å²) < 4.78 is 39.3. The first-order valence-corrected chi connectivity index (χ1v) is 10.5. The Morgan fingerprint density at radius 1 is 1.07 bits per heavy atom. The molecule has 1 aliphatic heterocycles. The molecule has 3 rings (SSSR count). The Balaban J connectivity index is 1.60. The second-order valence-electron chi connectivity index (χ2n) is 8.39. The Kier molecular flexibility index (Phi) is 7.19. The molecule has 0 radical (unpaired) electrons. The number of halogens is 3. The lowest BCUT2D eigenvalue weighted by Gasteiger charge is -2.33. The molecular formula is C24H29F3N2O. The summed E-state index contributed by atoms with van der Waals surface area (Å²) in [6.07, 6.45) is -2.74. The lowest BCUT2D eigenvalue weighted by molar-refractivity contribution is -0.137. The summed E-state index contributed by atoms with van der Waals surface area (Å²) in [6.45, 7) is 6.39. The minimum absolute atomic E-state index is 0.0524. The molecule has 1 heterocycles. The van der Waals surface area contributed by atoms with Crippen molar-refractivity contribution < 1.29 is 18.0 Å². The van der Waals surface area contributed by atoms with E-state index in [0.29, 0.717) is 5.56 Å². The Bertz CT molecular complexity index is 828. The van der Waals surface area contributed by atoms with Gasteiger partial charge in [0.25, 0.3) is 0 Å². The predicted octanol–water partition coefficient (Wildman–Crippen LogP) is 5.23. The van der Waals surface area contributed by atoms with Crippen molar-refractivity contribution in [2.45, 2.75) is 51.4 Å². The molecule has 0 saturated carbocycles. The van der Waals surface area contributed by atoms with Gasteiger partial charge in [0.05, 0.1) is 11.5 Å². The van der Waals surface area contributed by atoms with Gasteiger partial charge in [0.15, 0.2) is 0 Å². The molecule has 2 aromatic carbocycles. The summed E-state index contributed by atoms with van der Waals surface area (Å²) in [4.78, 5) is 15.3. The van der Waals surface area contributed by atoms with Gasteiger partial charge in [-0.1, -0.05) is 62.4 Å². The highest BCUT2D eigenvalue weighted by Gasteiger charge is 2.33. The van der Waals surface area contributed by atoms with Crippen LogP contribution >= 0.6 is 0 Å². The van der Waals surface area contributed by atoms with Crippen LogP contribution in [0.4, 0.5) is 13.2 Å². The number of piperidine rings is 1. The van der Waals surface area contributed by atoms with E-state index in [9.17, 15) is 18.0 Å². The lowest BCUT2D eigenvalue weighted by Crippen LogP contribution is -2.46. The van der Waals surface area contributed by atoms with E-state index in [0.717, 1.165) is 44.6 Å². The van der Waals surface area contributed by atoms with Gasteiger partial charge < -0.3 is 5.32 Å². The zero-order chi connectivity index (χ0) is 21.7. The highest BCUT2D eigenvalue weighted by atomic mass is 19.4. The molecule has 1 atom stereocenters. The maximum atomic E-state index is 13.1. The third-order valence-corrected chi connectivity index (χ3v) is 5.71.